The van der Waals surface area contributed by atoms with Gasteiger partial charge in [0.1, 0.15) is 0 Å². The van der Waals surface area contributed by atoms with Gasteiger partial charge >= 0.3 is 0 Å². The van der Waals surface area contributed by atoms with E-state index in [1.807, 2.05) is 67.1 Å². The van der Waals surface area contributed by atoms with Crippen LogP contribution in [0, 0.1) is 0 Å². The number of nitrogens with zero attached hydrogens (tertiary/aromatic N) is 4. The van der Waals surface area contributed by atoms with E-state index in [1.165, 1.54) is 0 Å². The number of fused-ring (bicyclic) bond motifs is 1. The average molecular weight is 468 g/mol. The molecular weight excluding hydrogens is 446 g/mol. The maximum Gasteiger partial charge on any atom is 0.191 e. The first-order chi connectivity index (χ1) is 15.1. The Kier molecular flexibility index (Phi) is 6.80. The average Bonchev–Trinajstić information content (AvgIpc) is 3.40. The molecular formula is C21H21N7S3. The van der Waals surface area contributed by atoms with Gasteiger partial charge in [0.15, 0.2) is 21.2 Å². The third kappa shape index (κ3) is 5.22. The maximum atomic E-state index is 5.27. The number of imidazole rings is 1. The SMILES string of the molecule is CSc1nc2ccccc2n1-c1csc(NCC(C)=NNC(=S)Nc2ccccc2)n1. The van der Waals surface area contributed by atoms with E-state index < -0.39 is 0 Å². The topological polar surface area (TPSA) is 79.2 Å². The fourth-order valence-corrected chi connectivity index (χ4v) is 4.29. The molecule has 0 bridgehead atoms. The van der Waals surface area contributed by atoms with Crippen molar-refractivity contribution in [2.45, 2.75) is 12.1 Å². The minimum atomic E-state index is 0.443. The monoisotopic (exact) mass is 467 g/mol. The molecule has 0 unspecified atom stereocenters. The summed E-state index contributed by atoms with van der Waals surface area (Å²) in [6.45, 7) is 2.48. The summed E-state index contributed by atoms with van der Waals surface area (Å²) in [5.41, 5.74) is 6.64. The van der Waals surface area contributed by atoms with E-state index in [4.69, 9.17) is 17.2 Å². The number of hydrogen-bond acceptors (Lipinski definition) is 7. The number of para-hydroxylation sites is 3. The summed E-state index contributed by atoms with van der Waals surface area (Å²) in [6.07, 6.45) is 2.02. The van der Waals surface area contributed by atoms with Gasteiger partial charge in [0.2, 0.25) is 0 Å². The Balaban J connectivity index is 1.37. The first-order valence-electron chi connectivity index (χ1n) is 9.50. The van der Waals surface area contributed by atoms with Crippen LogP contribution in [0.5, 0.6) is 0 Å². The standard InChI is InChI=1S/C21H21N7S3/c1-14(26-27-19(29)23-15-8-4-3-5-9-15)12-22-20-25-18(13-31-20)28-17-11-7-6-10-16(17)24-21(28)30-2/h3-11,13H,12H2,1-2H3,(H,22,25)(H2,23,27,29). The van der Waals surface area contributed by atoms with Gasteiger partial charge in [0.25, 0.3) is 0 Å². The molecule has 0 saturated carbocycles. The summed E-state index contributed by atoms with van der Waals surface area (Å²) < 4.78 is 2.08. The van der Waals surface area contributed by atoms with Crippen LogP contribution in [-0.4, -0.2) is 38.2 Å². The van der Waals surface area contributed by atoms with Gasteiger partial charge in [-0.25, -0.2) is 9.97 Å². The first kappa shape index (κ1) is 21.3. The number of hydrogen-bond donors (Lipinski definition) is 3. The van der Waals surface area contributed by atoms with Crippen LogP contribution in [-0.2, 0) is 0 Å². The van der Waals surface area contributed by atoms with Crippen molar-refractivity contribution in [1.82, 2.24) is 20.0 Å². The molecule has 7 nitrogen and oxygen atoms in total. The van der Waals surface area contributed by atoms with Crippen LogP contribution >= 0.6 is 35.3 Å². The number of thioether (sulfide) groups is 1. The van der Waals surface area contributed by atoms with E-state index in [-0.39, 0.29) is 0 Å². The third-order valence-corrected chi connectivity index (χ3v) is 5.93. The minimum absolute atomic E-state index is 0.443. The second-order valence-electron chi connectivity index (χ2n) is 6.57. The Labute approximate surface area is 194 Å². The van der Waals surface area contributed by atoms with Crippen molar-refractivity contribution < 1.29 is 0 Å². The summed E-state index contributed by atoms with van der Waals surface area (Å²) in [7, 11) is 0. The normalized spacial score (nSPS) is 11.5. The van der Waals surface area contributed by atoms with Gasteiger partial charge in [-0.15, -0.1) is 11.3 Å². The minimum Gasteiger partial charge on any atom is -0.356 e. The third-order valence-electron chi connectivity index (χ3n) is 4.31. The molecule has 2 aromatic carbocycles. The predicted octanol–water partition coefficient (Wildman–Crippen LogP) is 4.98. The Bertz CT molecular complexity index is 1210. The number of anilines is 2. The van der Waals surface area contributed by atoms with Crippen molar-refractivity contribution in [1.29, 1.82) is 0 Å². The molecule has 0 fully saturated rings. The maximum absolute atomic E-state index is 5.27. The van der Waals surface area contributed by atoms with Crippen molar-refractivity contribution >= 4 is 68.0 Å². The lowest BCUT2D eigenvalue weighted by atomic mass is 10.3. The molecule has 0 aliphatic carbocycles. The molecule has 0 aliphatic heterocycles. The number of rotatable bonds is 7. The summed E-state index contributed by atoms with van der Waals surface area (Å²) in [5, 5.41) is 14.9. The van der Waals surface area contributed by atoms with Crippen LogP contribution < -0.4 is 16.1 Å². The van der Waals surface area contributed by atoms with Gasteiger partial charge in [0, 0.05) is 11.1 Å². The van der Waals surface area contributed by atoms with Gasteiger partial charge in [-0.3, -0.25) is 9.99 Å². The second-order valence-corrected chi connectivity index (χ2v) is 8.61. The van der Waals surface area contributed by atoms with E-state index >= 15 is 0 Å². The summed E-state index contributed by atoms with van der Waals surface area (Å²) in [6, 6.07) is 17.8. The van der Waals surface area contributed by atoms with Crippen molar-refractivity contribution in [3.05, 3.63) is 60.0 Å². The number of hydrazone groups is 1. The van der Waals surface area contributed by atoms with Crippen LogP contribution in [0.1, 0.15) is 6.92 Å². The summed E-state index contributed by atoms with van der Waals surface area (Å²) in [5.74, 6) is 0.853. The Morgan fingerprint density at radius 1 is 1.13 bits per heavy atom. The lowest BCUT2D eigenvalue weighted by molar-refractivity contribution is 0.897. The van der Waals surface area contributed by atoms with Crippen molar-refractivity contribution in [3.8, 4) is 5.82 Å². The van der Waals surface area contributed by atoms with E-state index in [0.717, 1.165) is 38.5 Å². The van der Waals surface area contributed by atoms with Crippen molar-refractivity contribution in [3.63, 3.8) is 0 Å². The van der Waals surface area contributed by atoms with Crippen LogP contribution in [0.3, 0.4) is 0 Å². The van der Waals surface area contributed by atoms with E-state index in [1.54, 1.807) is 23.1 Å². The molecule has 10 heteroatoms. The highest BCUT2D eigenvalue weighted by Gasteiger charge is 2.14. The highest BCUT2D eigenvalue weighted by Crippen LogP contribution is 2.28. The van der Waals surface area contributed by atoms with Crippen LogP contribution in [0.2, 0.25) is 0 Å². The fraction of sp³-hybridized carbons (Fsp3) is 0.143. The molecule has 0 aliphatic rings. The molecule has 0 saturated heterocycles. The van der Waals surface area contributed by atoms with Gasteiger partial charge in [-0.1, -0.05) is 42.1 Å². The number of nitrogens with one attached hydrogen (secondary N) is 3. The molecule has 3 N–H and O–H groups in total. The number of thiocarbonyl (C=S) groups is 1. The molecule has 158 valence electrons. The van der Waals surface area contributed by atoms with Crippen LogP contribution in [0.4, 0.5) is 10.8 Å². The molecule has 4 aromatic rings. The van der Waals surface area contributed by atoms with Gasteiger partial charge in [0.05, 0.1) is 23.3 Å². The molecule has 2 heterocycles. The smallest absolute Gasteiger partial charge is 0.191 e. The van der Waals surface area contributed by atoms with Gasteiger partial charge < -0.3 is 10.6 Å². The van der Waals surface area contributed by atoms with E-state index in [2.05, 4.69) is 36.8 Å². The molecule has 0 spiro atoms. The number of thiazole rings is 1. The summed E-state index contributed by atoms with van der Waals surface area (Å²) in [4.78, 5) is 9.42. The lowest BCUT2D eigenvalue weighted by Gasteiger charge is -2.08. The zero-order valence-electron chi connectivity index (χ0n) is 17.0. The molecule has 2 aromatic heterocycles. The Hall–Kier alpha value is -2.95. The fourth-order valence-electron chi connectivity index (χ4n) is 2.88. The first-order valence-corrected chi connectivity index (χ1v) is 12.0. The van der Waals surface area contributed by atoms with Gasteiger partial charge in [-0.05, 0) is 49.7 Å². The van der Waals surface area contributed by atoms with E-state index in [9.17, 15) is 0 Å². The highest BCUT2D eigenvalue weighted by molar-refractivity contribution is 7.98. The molecule has 0 amide bonds. The zero-order chi connectivity index (χ0) is 21.6. The Morgan fingerprint density at radius 3 is 2.71 bits per heavy atom. The molecule has 4 rings (SSSR count). The molecule has 31 heavy (non-hydrogen) atoms. The Morgan fingerprint density at radius 2 is 1.90 bits per heavy atom. The number of aromatic nitrogens is 3. The highest BCUT2D eigenvalue weighted by atomic mass is 32.2. The quantitative estimate of drug-likeness (QED) is 0.153. The zero-order valence-corrected chi connectivity index (χ0v) is 19.4. The van der Waals surface area contributed by atoms with Crippen LogP contribution in [0.15, 0.2) is 70.2 Å². The summed E-state index contributed by atoms with van der Waals surface area (Å²) >= 11 is 8.43. The van der Waals surface area contributed by atoms with Crippen molar-refractivity contribution in [2.75, 3.05) is 23.4 Å². The van der Waals surface area contributed by atoms with Gasteiger partial charge in [-0.2, -0.15) is 5.10 Å². The largest absolute Gasteiger partial charge is 0.356 e. The number of benzene rings is 2. The van der Waals surface area contributed by atoms with Crippen LogP contribution in [0.25, 0.3) is 16.9 Å². The predicted molar refractivity (Wildman–Crippen MR) is 136 cm³/mol. The molecule has 0 radical (unpaired) electrons. The lowest BCUT2D eigenvalue weighted by Crippen LogP contribution is -2.26. The molecule has 0 atom stereocenters. The van der Waals surface area contributed by atoms with Crippen molar-refractivity contribution in [2.24, 2.45) is 5.10 Å². The van der Waals surface area contributed by atoms with E-state index in [0.29, 0.717) is 11.7 Å². The second kappa shape index (κ2) is 9.90.